The number of nitrogens with zero attached hydrogens (tertiary/aromatic N) is 3. The van der Waals surface area contributed by atoms with Gasteiger partial charge in [0, 0.05) is 24.0 Å². The number of hydrogen-bond donors (Lipinski definition) is 0. The molecule has 0 spiro atoms. The third kappa shape index (κ3) is 2.56. The molecule has 0 bridgehead atoms. The Hall–Kier alpha value is -2.38. The molecule has 0 atom stereocenters. The molecule has 0 amide bonds. The minimum atomic E-state index is -4.51. The van der Waals surface area contributed by atoms with Crippen LogP contribution in [-0.2, 0) is 6.18 Å². The molecule has 1 aromatic carbocycles. The fourth-order valence-electron chi connectivity index (χ4n) is 1.64. The number of rotatable bonds is 2. The van der Waals surface area contributed by atoms with Crippen molar-refractivity contribution >= 4 is 5.69 Å². The van der Waals surface area contributed by atoms with E-state index in [1.165, 1.54) is 22.8 Å². The number of aryl methyl sites for hydroxylation is 1. The van der Waals surface area contributed by atoms with E-state index in [1.807, 2.05) is 0 Å². The second kappa shape index (κ2) is 4.38. The van der Waals surface area contributed by atoms with Crippen molar-refractivity contribution in [2.45, 2.75) is 13.1 Å². The quantitative estimate of drug-likeness (QED) is 0.622. The summed E-state index contributed by atoms with van der Waals surface area (Å²) in [5.41, 5.74) is -0.225. The fourth-order valence-corrected chi connectivity index (χ4v) is 1.64. The van der Waals surface area contributed by atoms with Gasteiger partial charge in [0.1, 0.15) is 0 Å². The van der Waals surface area contributed by atoms with Gasteiger partial charge in [0.05, 0.1) is 11.3 Å². The van der Waals surface area contributed by atoms with Crippen molar-refractivity contribution in [3.05, 3.63) is 52.1 Å². The first kappa shape index (κ1) is 13.1. The number of halogens is 3. The first-order valence-corrected chi connectivity index (χ1v) is 5.15. The monoisotopic (exact) mass is 271 g/mol. The van der Waals surface area contributed by atoms with Gasteiger partial charge in [0.25, 0.3) is 5.69 Å². The van der Waals surface area contributed by atoms with E-state index in [2.05, 4.69) is 4.98 Å². The highest BCUT2D eigenvalue weighted by Gasteiger charge is 2.33. The van der Waals surface area contributed by atoms with Crippen LogP contribution in [-0.4, -0.2) is 14.5 Å². The van der Waals surface area contributed by atoms with Gasteiger partial charge in [-0.15, -0.1) is 0 Å². The molecule has 2 aromatic rings. The Morgan fingerprint density at radius 3 is 2.53 bits per heavy atom. The highest BCUT2D eigenvalue weighted by Crippen LogP contribution is 2.29. The van der Waals surface area contributed by atoms with Gasteiger partial charge < -0.3 is 4.57 Å². The topological polar surface area (TPSA) is 61.0 Å². The summed E-state index contributed by atoms with van der Waals surface area (Å²) in [7, 11) is 0. The summed E-state index contributed by atoms with van der Waals surface area (Å²) in [5, 5.41) is 10.6. The molecular formula is C11H8F3N3O2. The maximum absolute atomic E-state index is 12.4. The standard InChI is InChI=1S/C11H8F3N3O2/c1-7-4-8(17(18)19)2-3-9(7)16-5-10(15-6-16)11(12,13)14/h2-6H,1H3. The SMILES string of the molecule is Cc1cc([N+](=O)[O-])ccc1-n1cnc(C(F)(F)F)c1. The minimum Gasteiger partial charge on any atom is -0.305 e. The molecule has 2 rings (SSSR count). The van der Waals surface area contributed by atoms with Crippen LogP contribution in [0.1, 0.15) is 11.3 Å². The van der Waals surface area contributed by atoms with E-state index in [4.69, 9.17) is 0 Å². The van der Waals surface area contributed by atoms with Crippen molar-refractivity contribution in [2.75, 3.05) is 0 Å². The predicted octanol–water partition coefficient (Wildman–Crippen LogP) is 3.11. The van der Waals surface area contributed by atoms with Crippen molar-refractivity contribution in [3.63, 3.8) is 0 Å². The van der Waals surface area contributed by atoms with Gasteiger partial charge in [-0.05, 0) is 18.6 Å². The van der Waals surface area contributed by atoms with E-state index in [1.54, 1.807) is 6.92 Å². The van der Waals surface area contributed by atoms with Crippen LogP contribution in [0.25, 0.3) is 5.69 Å². The van der Waals surface area contributed by atoms with Crippen LogP contribution in [0.15, 0.2) is 30.7 Å². The van der Waals surface area contributed by atoms with Gasteiger partial charge in [-0.3, -0.25) is 10.1 Å². The molecule has 100 valence electrons. The first-order chi connectivity index (χ1) is 8.79. The van der Waals surface area contributed by atoms with Crippen LogP contribution in [0, 0.1) is 17.0 Å². The molecule has 1 aromatic heterocycles. The normalized spacial score (nSPS) is 11.6. The van der Waals surface area contributed by atoms with E-state index in [0.29, 0.717) is 11.3 Å². The van der Waals surface area contributed by atoms with E-state index >= 15 is 0 Å². The Morgan fingerprint density at radius 2 is 2.05 bits per heavy atom. The molecule has 5 nitrogen and oxygen atoms in total. The highest BCUT2D eigenvalue weighted by molar-refractivity contribution is 5.47. The average molecular weight is 271 g/mol. The zero-order valence-corrected chi connectivity index (χ0v) is 9.68. The van der Waals surface area contributed by atoms with Crippen molar-refractivity contribution < 1.29 is 18.1 Å². The number of aromatic nitrogens is 2. The van der Waals surface area contributed by atoms with Crippen LogP contribution in [0.3, 0.4) is 0 Å². The Bertz CT molecular complexity index is 634. The van der Waals surface area contributed by atoms with Crippen LogP contribution in [0.4, 0.5) is 18.9 Å². The molecule has 0 saturated heterocycles. The lowest BCUT2D eigenvalue weighted by Crippen LogP contribution is -2.05. The van der Waals surface area contributed by atoms with Crippen molar-refractivity contribution in [3.8, 4) is 5.69 Å². The molecule has 1 heterocycles. The van der Waals surface area contributed by atoms with E-state index in [-0.39, 0.29) is 5.69 Å². The number of benzene rings is 1. The molecule has 0 aliphatic heterocycles. The minimum absolute atomic E-state index is 0.114. The average Bonchev–Trinajstić information content (AvgIpc) is 2.77. The van der Waals surface area contributed by atoms with Gasteiger partial charge >= 0.3 is 6.18 Å². The fraction of sp³-hybridized carbons (Fsp3) is 0.182. The van der Waals surface area contributed by atoms with Gasteiger partial charge in [0.15, 0.2) is 5.69 Å². The summed E-state index contributed by atoms with van der Waals surface area (Å²) in [6, 6.07) is 3.91. The Balaban J connectivity index is 2.43. The van der Waals surface area contributed by atoms with Crippen molar-refractivity contribution in [1.82, 2.24) is 9.55 Å². The predicted molar refractivity (Wildman–Crippen MR) is 60.0 cm³/mol. The number of imidazole rings is 1. The van der Waals surface area contributed by atoms with E-state index in [9.17, 15) is 23.3 Å². The highest BCUT2D eigenvalue weighted by atomic mass is 19.4. The molecule has 0 N–H and O–H groups in total. The molecule has 0 aliphatic rings. The Morgan fingerprint density at radius 1 is 1.37 bits per heavy atom. The lowest BCUT2D eigenvalue weighted by atomic mass is 10.2. The maximum Gasteiger partial charge on any atom is 0.434 e. The summed E-state index contributed by atoms with van der Waals surface area (Å²) in [6.45, 7) is 1.58. The molecule has 8 heteroatoms. The molecule has 0 aliphatic carbocycles. The smallest absolute Gasteiger partial charge is 0.305 e. The molecule has 0 unspecified atom stereocenters. The number of hydrogen-bond acceptors (Lipinski definition) is 3. The zero-order valence-electron chi connectivity index (χ0n) is 9.68. The van der Waals surface area contributed by atoms with Crippen LogP contribution < -0.4 is 0 Å². The Labute approximate surface area is 105 Å². The van der Waals surface area contributed by atoms with Gasteiger partial charge in [0.2, 0.25) is 0 Å². The Kier molecular flexibility index (Phi) is 3.01. The number of alkyl halides is 3. The summed E-state index contributed by atoms with van der Waals surface area (Å²) in [6.07, 6.45) is -2.65. The summed E-state index contributed by atoms with van der Waals surface area (Å²) in [5.74, 6) is 0. The van der Waals surface area contributed by atoms with Crippen molar-refractivity contribution in [1.29, 1.82) is 0 Å². The molecule has 0 saturated carbocycles. The summed E-state index contributed by atoms with van der Waals surface area (Å²) < 4.78 is 38.4. The van der Waals surface area contributed by atoms with E-state index in [0.717, 1.165) is 12.5 Å². The maximum atomic E-state index is 12.4. The van der Waals surface area contributed by atoms with E-state index < -0.39 is 16.8 Å². The molecular weight excluding hydrogens is 263 g/mol. The third-order valence-electron chi connectivity index (χ3n) is 2.54. The lowest BCUT2D eigenvalue weighted by Gasteiger charge is -2.06. The first-order valence-electron chi connectivity index (χ1n) is 5.15. The number of nitro benzene ring substituents is 1. The number of nitro groups is 1. The van der Waals surface area contributed by atoms with Gasteiger partial charge in [-0.1, -0.05) is 0 Å². The van der Waals surface area contributed by atoms with Gasteiger partial charge in [-0.2, -0.15) is 13.2 Å². The van der Waals surface area contributed by atoms with Gasteiger partial charge in [-0.25, -0.2) is 4.98 Å². The lowest BCUT2D eigenvalue weighted by molar-refractivity contribution is -0.384. The van der Waals surface area contributed by atoms with Crippen LogP contribution in [0.5, 0.6) is 0 Å². The largest absolute Gasteiger partial charge is 0.434 e. The van der Waals surface area contributed by atoms with Crippen LogP contribution in [0.2, 0.25) is 0 Å². The second-order valence-corrected chi connectivity index (χ2v) is 3.89. The molecule has 19 heavy (non-hydrogen) atoms. The van der Waals surface area contributed by atoms with Crippen molar-refractivity contribution in [2.24, 2.45) is 0 Å². The summed E-state index contributed by atoms with van der Waals surface area (Å²) >= 11 is 0. The second-order valence-electron chi connectivity index (χ2n) is 3.89. The molecule has 0 fully saturated rings. The zero-order chi connectivity index (χ0) is 14.2. The molecule has 0 radical (unpaired) electrons. The number of non-ortho nitro benzene ring substituents is 1. The van der Waals surface area contributed by atoms with Crippen LogP contribution >= 0.6 is 0 Å². The summed E-state index contributed by atoms with van der Waals surface area (Å²) in [4.78, 5) is 13.3. The third-order valence-corrected chi connectivity index (χ3v) is 2.54.